The quantitative estimate of drug-likeness (QED) is 0.175. The summed E-state index contributed by atoms with van der Waals surface area (Å²) in [4.78, 5) is 12.0. The number of amides is 1. The van der Waals surface area contributed by atoms with E-state index in [9.17, 15) is 4.79 Å². The molecule has 1 N–H and O–H groups in total. The molecule has 2 rings (SSSR count). The average molecular weight is 444 g/mol. The summed E-state index contributed by atoms with van der Waals surface area (Å²) in [6.07, 6.45) is 25.2. The Balaban J connectivity index is 1.33. The molecular formula is C28H45NO3. The van der Waals surface area contributed by atoms with Gasteiger partial charge >= 0.3 is 0 Å². The van der Waals surface area contributed by atoms with Crippen molar-refractivity contribution in [2.24, 2.45) is 0 Å². The molecule has 0 fully saturated rings. The van der Waals surface area contributed by atoms with E-state index >= 15 is 0 Å². The lowest BCUT2D eigenvalue weighted by molar-refractivity contribution is -0.116. The zero-order chi connectivity index (χ0) is 22.7. The minimum atomic E-state index is -0.0383. The van der Waals surface area contributed by atoms with Gasteiger partial charge in [0.25, 0.3) is 0 Å². The second kappa shape index (κ2) is 17.6. The van der Waals surface area contributed by atoms with Crippen LogP contribution in [0.1, 0.15) is 115 Å². The zero-order valence-electron chi connectivity index (χ0n) is 20.3. The molecular weight excluding hydrogens is 398 g/mol. The van der Waals surface area contributed by atoms with Gasteiger partial charge in [0, 0.05) is 12.6 Å². The van der Waals surface area contributed by atoms with E-state index < -0.39 is 0 Å². The summed E-state index contributed by atoms with van der Waals surface area (Å²) >= 11 is 0. The maximum atomic E-state index is 12.0. The third-order valence-electron chi connectivity index (χ3n) is 6.15. The van der Waals surface area contributed by atoms with Crippen LogP contribution in [0.4, 0.5) is 0 Å². The summed E-state index contributed by atoms with van der Waals surface area (Å²) in [5.74, 6) is 1.46. The van der Waals surface area contributed by atoms with E-state index in [1.807, 2.05) is 24.3 Å². The maximum absolute atomic E-state index is 12.0. The van der Waals surface area contributed by atoms with Gasteiger partial charge in [0.15, 0.2) is 11.5 Å². The number of carbonyl (C=O) groups is 1. The van der Waals surface area contributed by atoms with E-state index in [-0.39, 0.29) is 12.7 Å². The molecule has 0 spiro atoms. The second-order valence-corrected chi connectivity index (χ2v) is 9.04. The number of nitrogens with one attached hydrogen (secondary N) is 1. The van der Waals surface area contributed by atoms with Crippen molar-refractivity contribution in [2.45, 2.75) is 110 Å². The lowest BCUT2D eigenvalue weighted by Crippen LogP contribution is -2.21. The first-order valence-corrected chi connectivity index (χ1v) is 13.1. The summed E-state index contributed by atoms with van der Waals surface area (Å²) in [6.45, 7) is 3.30. The van der Waals surface area contributed by atoms with Gasteiger partial charge < -0.3 is 14.8 Å². The van der Waals surface area contributed by atoms with Crippen LogP contribution in [0.15, 0.2) is 24.3 Å². The zero-order valence-corrected chi connectivity index (χ0v) is 20.3. The molecule has 0 saturated carbocycles. The fourth-order valence-corrected chi connectivity index (χ4v) is 4.13. The summed E-state index contributed by atoms with van der Waals surface area (Å²) in [7, 11) is 0. The molecule has 4 heteroatoms. The van der Waals surface area contributed by atoms with Gasteiger partial charge in [0.05, 0.1) is 0 Å². The van der Waals surface area contributed by atoms with Crippen LogP contribution < -0.4 is 14.8 Å². The molecule has 0 unspecified atom stereocenters. The molecule has 0 atom stereocenters. The smallest absolute Gasteiger partial charge is 0.243 e. The largest absolute Gasteiger partial charge is 0.454 e. The highest BCUT2D eigenvalue weighted by atomic mass is 16.7. The van der Waals surface area contributed by atoms with E-state index in [1.54, 1.807) is 6.08 Å². The van der Waals surface area contributed by atoms with Gasteiger partial charge in [-0.05, 0) is 30.2 Å². The predicted octanol–water partition coefficient (Wildman–Crippen LogP) is 7.81. The van der Waals surface area contributed by atoms with E-state index in [1.165, 1.54) is 96.3 Å². The highest BCUT2D eigenvalue weighted by Gasteiger charge is 2.12. The highest BCUT2D eigenvalue weighted by molar-refractivity contribution is 5.91. The van der Waals surface area contributed by atoms with Crippen LogP contribution in [-0.4, -0.2) is 19.2 Å². The average Bonchev–Trinajstić information content (AvgIpc) is 3.27. The van der Waals surface area contributed by atoms with Gasteiger partial charge in [-0.3, -0.25) is 4.79 Å². The van der Waals surface area contributed by atoms with Gasteiger partial charge in [-0.1, -0.05) is 109 Å². The summed E-state index contributed by atoms with van der Waals surface area (Å²) < 4.78 is 10.7. The number of fused-ring (bicyclic) bond motifs is 1. The number of rotatable bonds is 19. The molecule has 1 aromatic rings. The fourth-order valence-electron chi connectivity index (χ4n) is 4.13. The van der Waals surface area contributed by atoms with E-state index in [0.717, 1.165) is 30.0 Å². The van der Waals surface area contributed by atoms with Crippen LogP contribution in [0, 0.1) is 0 Å². The number of unbranched alkanes of at least 4 members (excludes halogenated alkanes) is 15. The van der Waals surface area contributed by atoms with Gasteiger partial charge in [0.2, 0.25) is 12.7 Å². The van der Waals surface area contributed by atoms with Crippen molar-refractivity contribution in [1.29, 1.82) is 0 Å². The number of benzene rings is 1. The van der Waals surface area contributed by atoms with Crippen LogP contribution in [0.3, 0.4) is 0 Å². The van der Waals surface area contributed by atoms with Crippen molar-refractivity contribution in [3.8, 4) is 11.5 Å². The highest BCUT2D eigenvalue weighted by Crippen LogP contribution is 2.32. The number of carbonyl (C=O) groups excluding carboxylic acids is 1. The van der Waals surface area contributed by atoms with E-state index in [2.05, 4.69) is 12.2 Å². The molecule has 32 heavy (non-hydrogen) atoms. The molecule has 1 amide bonds. The van der Waals surface area contributed by atoms with Crippen LogP contribution in [0.5, 0.6) is 11.5 Å². The molecule has 1 heterocycles. The molecule has 0 saturated heterocycles. The Morgan fingerprint density at radius 1 is 0.781 bits per heavy atom. The third-order valence-corrected chi connectivity index (χ3v) is 6.15. The third kappa shape index (κ3) is 12.2. The van der Waals surface area contributed by atoms with Gasteiger partial charge in [-0.2, -0.15) is 0 Å². The second-order valence-electron chi connectivity index (χ2n) is 9.04. The van der Waals surface area contributed by atoms with Crippen LogP contribution >= 0.6 is 0 Å². The minimum absolute atomic E-state index is 0.0383. The SMILES string of the molecule is CCCCCCCCCCCCCCCCCCNC(=O)/C=C/c1ccc2c(c1)OCO2. The van der Waals surface area contributed by atoms with Gasteiger partial charge in [-0.25, -0.2) is 0 Å². The Morgan fingerprint density at radius 3 is 1.91 bits per heavy atom. The predicted molar refractivity (Wildman–Crippen MR) is 134 cm³/mol. The Labute approximate surface area is 196 Å². The van der Waals surface area contributed by atoms with Crippen molar-refractivity contribution in [1.82, 2.24) is 5.32 Å². The first kappa shape index (κ1) is 26.3. The van der Waals surface area contributed by atoms with Crippen molar-refractivity contribution < 1.29 is 14.3 Å². The monoisotopic (exact) mass is 443 g/mol. The Morgan fingerprint density at radius 2 is 1.31 bits per heavy atom. The molecule has 4 nitrogen and oxygen atoms in total. The molecule has 1 aromatic carbocycles. The lowest BCUT2D eigenvalue weighted by Gasteiger charge is -2.04. The van der Waals surface area contributed by atoms with Crippen LogP contribution in [0.25, 0.3) is 6.08 Å². The first-order chi connectivity index (χ1) is 15.8. The van der Waals surface area contributed by atoms with Gasteiger partial charge in [-0.15, -0.1) is 0 Å². The summed E-state index contributed by atoms with van der Waals surface area (Å²) in [5, 5.41) is 2.97. The number of hydrogen-bond acceptors (Lipinski definition) is 3. The minimum Gasteiger partial charge on any atom is -0.454 e. The Bertz CT molecular complexity index is 656. The molecule has 1 aliphatic rings. The van der Waals surface area contributed by atoms with Crippen LogP contribution in [0.2, 0.25) is 0 Å². The summed E-state index contributed by atoms with van der Waals surface area (Å²) in [6, 6.07) is 5.69. The standard InChI is InChI=1S/C28H45NO3/c1-2-3-4-5-6-7-8-9-10-11-12-13-14-15-16-17-22-29-28(30)21-19-25-18-20-26-27(23-25)32-24-31-26/h18-21,23H,2-17,22,24H2,1H3,(H,29,30)/b21-19+. The molecule has 1 aliphatic heterocycles. The van der Waals surface area contributed by atoms with Crippen molar-refractivity contribution in [2.75, 3.05) is 13.3 Å². The normalized spacial score (nSPS) is 12.5. The van der Waals surface area contributed by atoms with Gasteiger partial charge in [0.1, 0.15) is 0 Å². The number of ether oxygens (including phenoxy) is 2. The molecule has 0 bridgehead atoms. The van der Waals surface area contributed by atoms with E-state index in [0.29, 0.717) is 0 Å². The Kier molecular flexibility index (Phi) is 14.4. The molecule has 0 radical (unpaired) electrons. The van der Waals surface area contributed by atoms with Crippen molar-refractivity contribution in [3.05, 3.63) is 29.8 Å². The first-order valence-electron chi connectivity index (χ1n) is 13.1. The molecule has 180 valence electrons. The summed E-state index contributed by atoms with van der Waals surface area (Å²) in [5.41, 5.74) is 0.937. The number of hydrogen-bond donors (Lipinski definition) is 1. The molecule has 0 aliphatic carbocycles. The topological polar surface area (TPSA) is 47.6 Å². The van der Waals surface area contributed by atoms with E-state index in [4.69, 9.17) is 9.47 Å². The van der Waals surface area contributed by atoms with Crippen LogP contribution in [-0.2, 0) is 4.79 Å². The fraction of sp³-hybridized carbons (Fsp3) is 0.679. The van der Waals surface area contributed by atoms with Crippen molar-refractivity contribution in [3.63, 3.8) is 0 Å². The Hall–Kier alpha value is -1.97. The maximum Gasteiger partial charge on any atom is 0.243 e. The lowest BCUT2D eigenvalue weighted by atomic mass is 10.0. The molecule has 0 aromatic heterocycles. The van der Waals surface area contributed by atoms with Crippen molar-refractivity contribution >= 4 is 12.0 Å².